The largest absolute Gasteiger partial charge is 0.486 e. The van der Waals surface area contributed by atoms with Gasteiger partial charge in [0, 0.05) is 29.8 Å². The summed E-state index contributed by atoms with van der Waals surface area (Å²) in [5.41, 5.74) is 8.76. The molecule has 2 heterocycles. The number of carbonyl (C=O) groups excluding carboxylic acids is 2. The maximum absolute atomic E-state index is 13.3. The lowest BCUT2D eigenvalue weighted by atomic mass is 9.73. The molecule has 2 aliphatic heterocycles. The highest BCUT2D eigenvalue weighted by Crippen LogP contribution is 2.49. The summed E-state index contributed by atoms with van der Waals surface area (Å²) in [6.07, 6.45) is 4.49. The number of primary amides is 1. The zero-order valence-corrected chi connectivity index (χ0v) is 16.8. The minimum absolute atomic E-state index is 0.00700. The summed E-state index contributed by atoms with van der Waals surface area (Å²) >= 11 is 0. The van der Waals surface area contributed by atoms with Crippen molar-refractivity contribution in [2.75, 3.05) is 25.1 Å². The number of fused-ring (bicyclic) bond motifs is 3. The van der Waals surface area contributed by atoms with E-state index in [9.17, 15) is 9.59 Å². The van der Waals surface area contributed by atoms with Gasteiger partial charge in [-0.15, -0.1) is 0 Å². The van der Waals surface area contributed by atoms with Gasteiger partial charge < -0.3 is 25.4 Å². The van der Waals surface area contributed by atoms with Crippen molar-refractivity contribution in [3.63, 3.8) is 0 Å². The number of rotatable bonds is 2. The lowest BCUT2D eigenvalue weighted by Crippen LogP contribution is -2.46. The van der Waals surface area contributed by atoms with Gasteiger partial charge in [-0.05, 0) is 60.4 Å². The summed E-state index contributed by atoms with van der Waals surface area (Å²) < 4.78 is 11.6. The van der Waals surface area contributed by atoms with E-state index in [1.165, 1.54) is 18.4 Å². The smallest absolute Gasteiger partial charge is 0.316 e. The van der Waals surface area contributed by atoms with Gasteiger partial charge in [-0.1, -0.05) is 12.8 Å². The van der Waals surface area contributed by atoms with Crippen LogP contribution < -0.4 is 20.5 Å². The standard InChI is InChI=1S/C23H25N3O4/c24-22(28)25-17-5-3-15(4-6-17)21(27)26-13-16-11-19-20(30-10-9-29-19)12-18(16)23(14-26)7-1-2-8-23/h3-6,11-12H,1-2,7-10,13-14H2,(H3,24,25,28). The van der Waals surface area contributed by atoms with E-state index in [4.69, 9.17) is 15.2 Å². The molecule has 3 N–H and O–H groups in total. The molecule has 30 heavy (non-hydrogen) atoms. The van der Waals surface area contributed by atoms with Gasteiger partial charge in [-0.2, -0.15) is 0 Å². The first-order valence-corrected chi connectivity index (χ1v) is 10.4. The van der Waals surface area contributed by atoms with Crippen LogP contribution in [0, 0.1) is 0 Å². The predicted molar refractivity (Wildman–Crippen MR) is 112 cm³/mol. The topological polar surface area (TPSA) is 93.9 Å². The number of benzene rings is 2. The Hall–Kier alpha value is -3.22. The Labute approximate surface area is 175 Å². The summed E-state index contributed by atoms with van der Waals surface area (Å²) in [6.45, 7) is 2.38. The number of urea groups is 1. The van der Waals surface area contributed by atoms with E-state index >= 15 is 0 Å². The fourth-order valence-electron chi connectivity index (χ4n) is 5.11. The molecule has 1 aliphatic carbocycles. The van der Waals surface area contributed by atoms with Crippen LogP contribution in [-0.2, 0) is 12.0 Å². The summed E-state index contributed by atoms with van der Waals surface area (Å²) in [5, 5.41) is 2.52. The van der Waals surface area contributed by atoms with Crippen molar-refractivity contribution in [1.29, 1.82) is 0 Å². The second-order valence-corrected chi connectivity index (χ2v) is 8.37. The number of anilines is 1. The molecular weight excluding hydrogens is 382 g/mol. The maximum atomic E-state index is 13.3. The van der Waals surface area contributed by atoms with Crippen LogP contribution in [-0.4, -0.2) is 36.6 Å². The molecule has 0 aromatic heterocycles. The van der Waals surface area contributed by atoms with Gasteiger partial charge in [-0.25, -0.2) is 4.79 Å². The van der Waals surface area contributed by atoms with Gasteiger partial charge in [0.2, 0.25) is 0 Å². The van der Waals surface area contributed by atoms with Crippen LogP contribution in [0.5, 0.6) is 11.5 Å². The van der Waals surface area contributed by atoms with E-state index in [1.54, 1.807) is 24.3 Å². The normalized spacial score (nSPS) is 18.7. The summed E-state index contributed by atoms with van der Waals surface area (Å²) in [4.78, 5) is 26.3. The third-order valence-electron chi connectivity index (χ3n) is 6.44. The van der Waals surface area contributed by atoms with E-state index in [0.29, 0.717) is 37.6 Å². The zero-order chi connectivity index (χ0) is 20.7. The number of nitrogens with two attached hydrogens (primary N) is 1. The van der Waals surface area contributed by atoms with Gasteiger partial charge in [0.15, 0.2) is 11.5 Å². The fourth-order valence-corrected chi connectivity index (χ4v) is 5.11. The predicted octanol–water partition coefficient (Wildman–Crippen LogP) is 3.42. The molecule has 0 unspecified atom stereocenters. The highest BCUT2D eigenvalue weighted by molar-refractivity contribution is 5.95. The molecule has 1 fully saturated rings. The van der Waals surface area contributed by atoms with E-state index in [1.807, 2.05) is 4.90 Å². The molecule has 7 nitrogen and oxygen atoms in total. The van der Waals surface area contributed by atoms with E-state index < -0.39 is 6.03 Å². The number of nitrogens with zero attached hydrogens (tertiary/aromatic N) is 1. The van der Waals surface area contributed by atoms with Gasteiger partial charge >= 0.3 is 6.03 Å². The Balaban J connectivity index is 1.46. The Morgan fingerprint density at radius 1 is 1.00 bits per heavy atom. The summed E-state index contributed by atoms with van der Waals surface area (Å²) in [6, 6.07) is 10.4. The van der Waals surface area contributed by atoms with Gasteiger partial charge in [0.25, 0.3) is 5.91 Å². The SMILES string of the molecule is NC(=O)Nc1ccc(C(=O)N2Cc3cc4c(cc3C3(CCCC3)C2)OCCO4)cc1. The summed E-state index contributed by atoms with van der Waals surface area (Å²) in [5.74, 6) is 1.58. The minimum atomic E-state index is -0.626. The van der Waals surface area contributed by atoms with E-state index in [0.717, 1.165) is 29.9 Å². The molecular formula is C23H25N3O4. The molecule has 1 spiro atoms. The minimum Gasteiger partial charge on any atom is -0.486 e. The molecule has 3 amide bonds. The molecule has 0 bridgehead atoms. The average molecular weight is 407 g/mol. The van der Waals surface area contributed by atoms with Crippen LogP contribution in [0.4, 0.5) is 10.5 Å². The van der Waals surface area contributed by atoms with E-state index in [-0.39, 0.29) is 11.3 Å². The van der Waals surface area contributed by atoms with Gasteiger partial charge in [0.05, 0.1) is 0 Å². The van der Waals surface area contributed by atoms with Crippen LogP contribution in [0.1, 0.15) is 47.2 Å². The third-order valence-corrected chi connectivity index (χ3v) is 6.44. The Morgan fingerprint density at radius 2 is 1.67 bits per heavy atom. The molecule has 0 atom stereocenters. The number of hydrogen-bond acceptors (Lipinski definition) is 4. The molecule has 1 saturated carbocycles. The molecule has 2 aromatic carbocycles. The van der Waals surface area contributed by atoms with Gasteiger partial charge in [0.1, 0.15) is 13.2 Å². The molecule has 156 valence electrons. The molecule has 5 rings (SSSR count). The highest BCUT2D eigenvalue weighted by Gasteiger charge is 2.44. The number of hydrogen-bond donors (Lipinski definition) is 2. The Morgan fingerprint density at radius 3 is 2.33 bits per heavy atom. The second kappa shape index (κ2) is 7.23. The van der Waals surface area contributed by atoms with Crippen molar-refractivity contribution in [1.82, 2.24) is 4.90 Å². The van der Waals surface area contributed by atoms with Crippen molar-refractivity contribution in [3.8, 4) is 11.5 Å². The molecule has 0 radical (unpaired) electrons. The Bertz CT molecular complexity index is 996. The average Bonchev–Trinajstić information content (AvgIpc) is 3.21. The van der Waals surface area contributed by atoms with Crippen LogP contribution in [0.3, 0.4) is 0 Å². The lowest BCUT2D eigenvalue weighted by molar-refractivity contribution is 0.0669. The monoisotopic (exact) mass is 407 g/mol. The molecule has 3 aliphatic rings. The van der Waals surface area contributed by atoms with Crippen LogP contribution in [0.2, 0.25) is 0 Å². The first-order valence-electron chi connectivity index (χ1n) is 10.4. The van der Waals surface area contributed by atoms with Crippen molar-refractivity contribution < 1.29 is 19.1 Å². The zero-order valence-electron chi connectivity index (χ0n) is 16.8. The van der Waals surface area contributed by atoms with Gasteiger partial charge in [-0.3, -0.25) is 4.79 Å². The number of carbonyl (C=O) groups is 2. The van der Waals surface area contributed by atoms with E-state index in [2.05, 4.69) is 17.4 Å². The van der Waals surface area contributed by atoms with Crippen LogP contribution >= 0.6 is 0 Å². The highest BCUT2D eigenvalue weighted by atomic mass is 16.6. The Kier molecular flexibility index (Phi) is 4.53. The summed E-state index contributed by atoms with van der Waals surface area (Å²) in [7, 11) is 0. The van der Waals surface area contributed by atoms with Crippen LogP contribution in [0.15, 0.2) is 36.4 Å². The molecule has 7 heteroatoms. The molecule has 0 saturated heterocycles. The number of ether oxygens (including phenoxy) is 2. The third kappa shape index (κ3) is 3.24. The van der Waals surface area contributed by atoms with Crippen LogP contribution in [0.25, 0.3) is 0 Å². The fraction of sp³-hybridized carbons (Fsp3) is 0.391. The number of amides is 3. The van der Waals surface area contributed by atoms with Crippen molar-refractivity contribution in [2.45, 2.75) is 37.6 Å². The molecule has 2 aromatic rings. The quantitative estimate of drug-likeness (QED) is 0.798. The maximum Gasteiger partial charge on any atom is 0.316 e. The van der Waals surface area contributed by atoms with Crippen molar-refractivity contribution in [2.24, 2.45) is 5.73 Å². The first-order chi connectivity index (χ1) is 14.5. The first kappa shape index (κ1) is 18.8. The second-order valence-electron chi connectivity index (χ2n) is 8.37. The van der Waals surface area contributed by atoms with Crippen molar-refractivity contribution in [3.05, 3.63) is 53.1 Å². The number of nitrogens with one attached hydrogen (secondary N) is 1. The van der Waals surface area contributed by atoms with Crippen molar-refractivity contribution >= 4 is 17.6 Å². The lowest BCUT2D eigenvalue weighted by Gasteiger charge is -2.43.